The molecule has 0 unspecified atom stereocenters. The maximum absolute atomic E-state index is 11.4. The largest absolute Gasteiger partial charge is 0.351 e. The van der Waals surface area contributed by atoms with Crippen LogP contribution in [0.25, 0.3) is 0 Å². The SMILES string of the molecule is [C]#Cc1ccc(C(=O)NCCN)cc1. The fourth-order valence-corrected chi connectivity index (χ4v) is 0.993. The van der Waals surface area contributed by atoms with Crippen molar-refractivity contribution in [3.8, 4) is 5.92 Å². The number of amides is 1. The van der Waals surface area contributed by atoms with E-state index in [0.717, 1.165) is 0 Å². The summed E-state index contributed by atoms with van der Waals surface area (Å²) in [4.78, 5) is 11.4. The Balaban J connectivity index is 2.68. The highest BCUT2D eigenvalue weighted by Crippen LogP contribution is 2.02. The van der Waals surface area contributed by atoms with Crippen molar-refractivity contribution in [1.29, 1.82) is 0 Å². The van der Waals surface area contributed by atoms with E-state index < -0.39 is 0 Å². The van der Waals surface area contributed by atoms with Gasteiger partial charge in [0.2, 0.25) is 0 Å². The first-order valence-electron chi connectivity index (χ1n) is 4.29. The number of nitrogens with one attached hydrogen (secondary N) is 1. The molecule has 1 radical (unpaired) electrons. The van der Waals surface area contributed by atoms with E-state index in [0.29, 0.717) is 24.2 Å². The zero-order valence-electron chi connectivity index (χ0n) is 7.71. The zero-order chi connectivity index (χ0) is 10.4. The Hall–Kier alpha value is -1.79. The fourth-order valence-electron chi connectivity index (χ4n) is 0.993. The molecule has 1 amide bonds. The van der Waals surface area contributed by atoms with Crippen molar-refractivity contribution >= 4 is 5.91 Å². The smallest absolute Gasteiger partial charge is 0.251 e. The van der Waals surface area contributed by atoms with Crippen LogP contribution in [0.2, 0.25) is 0 Å². The predicted octanol–water partition coefficient (Wildman–Crippen LogP) is 0.313. The number of nitrogens with two attached hydrogens (primary N) is 1. The van der Waals surface area contributed by atoms with Gasteiger partial charge in [0.25, 0.3) is 5.91 Å². The quantitative estimate of drug-likeness (QED) is 0.669. The summed E-state index contributed by atoms with van der Waals surface area (Å²) < 4.78 is 0. The van der Waals surface area contributed by atoms with Crippen LogP contribution in [0.4, 0.5) is 0 Å². The van der Waals surface area contributed by atoms with Crippen molar-refractivity contribution in [1.82, 2.24) is 5.32 Å². The van der Waals surface area contributed by atoms with Gasteiger partial charge >= 0.3 is 0 Å². The van der Waals surface area contributed by atoms with Crippen LogP contribution in [0.5, 0.6) is 0 Å². The molecule has 0 aliphatic carbocycles. The van der Waals surface area contributed by atoms with Crippen molar-refractivity contribution in [2.45, 2.75) is 0 Å². The van der Waals surface area contributed by atoms with Crippen molar-refractivity contribution in [3.63, 3.8) is 0 Å². The van der Waals surface area contributed by atoms with Gasteiger partial charge in [-0.05, 0) is 30.7 Å². The number of hydrogen-bond donors (Lipinski definition) is 2. The van der Waals surface area contributed by atoms with Crippen molar-refractivity contribution < 1.29 is 4.79 Å². The molecule has 0 aliphatic heterocycles. The number of hydrogen-bond acceptors (Lipinski definition) is 2. The van der Waals surface area contributed by atoms with Crippen molar-refractivity contribution in [2.24, 2.45) is 5.73 Å². The van der Waals surface area contributed by atoms with Crippen molar-refractivity contribution in [2.75, 3.05) is 13.1 Å². The van der Waals surface area contributed by atoms with Crippen LogP contribution < -0.4 is 11.1 Å². The van der Waals surface area contributed by atoms with Crippen LogP contribution >= 0.6 is 0 Å². The number of carbonyl (C=O) groups is 1. The predicted molar refractivity (Wildman–Crippen MR) is 54.1 cm³/mol. The lowest BCUT2D eigenvalue weighted by Gasteiger charge is -2.02. The standard InChI is InChI=1S/C11H11N2O/c1-2-9-3-5-10(6-4-9)11(14)13-8-7-12/h3-6H,7-8,12H2,(H,13,14). The molecule has 1 aromatic rings. The Morgan fingerprint density at radius 1 is 1.43 bits per heavy atom. The summed E-state index contributed by atoms with van der Waals surface area (Å²) in [6.07, 6.45) is 6.87. The average Bonchev–Trinajstić information content (AvgIpc) is 2.26. The third-order valence-electron chi connectivity index (χ3n) is 1.72. The Morgan fingerprint density at radius 2 is 2.07 bits per heavy atom. The van der Waals surface area contributed by atoms with E-state index in [9.17, 15) is 4.79 Å². The number of benzene rings is 1. The van der Waals surface area contributed by atoms with Gasteiger partial charge in [-0.1, -0.05) is 5.92 Å². The molecule has 14 heavy (non-hydrogen) atoms. The van der Waals surface area contributed by atoms with Gasteiger partial charge in [0.1, 0.15) is 0 Å². The molecule has 1 rings (SSSR count). The number of carbonyl (C=O) groups excluding carboxylic acids is 1. The minimum atomic E-state index is -0.146. The Kier molecular flexibility index (Phi) is 3.71. The molecular weight excluding hydrogens is 176 g/mol. The molecule has 3 heteroatoms. The van der Waals surface area contributed by atoms with Crippen LogP contribution in [-0.2, 0) is 0 Å². The van der Waals surface area contributed by atoms with Crippen LogP contribution in [0, 0.1) is 12.3 Å². The molecule has 0 bridgehead atoms. The van der Waals surface area contributed by atoms with Crippen LogP contribution in [0.1, 0.15) is 15.9 Å². The van der Waals surface area contributed by atoms with Crippen molar-refractivity contribution in [3.05, 3.63) is 41.8 Å². The molecule has 0 spiro atoms. The Bertz CT molecular complexity index is 349. The van der Waals surface area contributed by atoms with Gasteiger partial charge in [-0.3, -0.25) is 4.79 Å². The molecule has 0 saturated carbocycles. The van der Waals surface area contributed by atoms with E-state index in [1.165, 1.54) is 0 Å². The highest BCUT2D eigenvalue weighted by Gasteiger charge is 2.02. The highest BCUT2D eigenvalue weighted by atomic mass is 16.1. The first-order valence-corrected chi connectivity index (χ1v) is 4.29. The third-order valence-corrected chi connectivity index (χ3v) is 1.72. The third kappa shape index (κ3) is 2.61. The summed E-state index contributed by atoms with van der Waals surface area (Å²) in [5.74, 6) is 2.09. The minimum absolute atomic E-state index is 0.146. The Labute approximate surface area is 83.3 Å². The summed E-state index contributed by atoms with van der Waals surface area (Å²) in [6, 6.07) is 6.65. The van der Waals surface area contributed by atoms with E-state index in [4.69, 9.17) is 12.2 Å². The van der Waals surface area contributed by atoms with Crippen LogP contribution in [-0.4, -0.2) is 19.0 Å². The first kappa shape index (κ1) is 10.3. The monoisotopic (exact) mass is 187 g/mol. The van der Waals surface area contributed by atoms with E-state index >= 15 is 0 Å². The first-order chi connectivity index (χ1) is 6.77. The van der Waals surface area contributed by atoms with Gasteiger partial charge < -0.3 is 11.1 Å². The lowest BCUT2D eigenvalue weighted by Crippen LogP contribution is -2.28. The summed E-state index contributed by atoms with van der Waals surface area (Å²) >= 11 is 0. The second kappa shape index (κ2) is 5.05. The van der Waals surface area contributed by atoms with Gasteiger partial charge in [0.15, 0.2) is 0 Å². The normalized spacial score (nSPS) is 9.14. The topological polar surface area (TPSA) is 55.1 Å². The molecular formula is C11H11N2O. The summed E-state index contributed by atoms with van der Waals surface area (Å²) in [6.45, 7) is 0.898. The minimum Gasteiger partial charge on any atom is -0.351 e. The second-order valence-corrected chi connectivity index (χ2v) is 2.75. The molecule has 0 saturated heterocycles. The number of rotatable bonds is 3. The van der Waals surface area contributed by atoms with Gasteiger partial charge in [0.05, 0.1) is 0 Å². The second-order valence-electron chi connectivity index (χ2n) is 2.75. The average molecular weight is 187 g/mol. The molecule has 3 N–H and O–H groups in total. The van der Waals surface area contributed by atoms with Gasteiger partial charge in [-0.2, -0.15) is 0 Å². The van der Waals surface area contributed by atoms with E-state index in [1.54, 1.807) is 24.3 Å². The fraction of sp³-hybridized carbons (Fsp3) is 0.182. The van der Waals surface area contributed by atoms with E-state index in [1.807, 2.05) is 0 Å². The molecule has 1 aromatic carbocycles. The summed E-state index contributed by atoms with van der Waals surface area (Å²) in [5, 5.41) is 2.65. The molecule has 0 atom stereocenters. The lowest BCUT2D eigenvalue weighted by molar-refractivity contribution is 0.0955. The summed E-state index contributed by atoms with van der Waals surface area (Å²) in [5.41, 5.74) is 6.47. The van der Waals surface area contributed by atoms with E-state index in [2.05, 4.69) is 11.2 Å². The molecule has 3 nitrogen and oxygen atoms in total. The summed E-state index contributed by atoms with van der Waals surface area (Å²) in [7, 11) is 0. The molecule has 0 fully saturated rings. The van der Waals surface area contributed by atoms with Crippen LogP contribution in [0.15, 0.2) is 24.3 Å². The molecule has 71 valence electrons. The molecule has 0 heterocycles. The lowest BCUT2D eigenvalue weighted by atomic mass is 10.1. The van der Waals surface area contributed by atoms with Gasteiger partial charge in [-0.25, -0.2) is 0 Å². The highest BCUT2D eigenvalue weighted by molar-refractivity contribution is 5.94. The van der Waals surface area contributed by atoms with E-state index in [-0.39, 0.29) is 5.91 Å². The van der Waals surface area contributed by atoms with Crippen LogP contribution in [0.3, 0.4) is 0 Å². The maximum Gasteiger partial charge on any atom is 0.251 e. The molecule has 0 aliphatic rings. The van der Waals surface area contributed by atoms with Gasteiger partial charge in [0, 0.05) is 24.2 Å². The van der Waals surface area contributed by atoms with Gasteiger partial charge in [-0.15, -0.1) is 0 Å². The zero-order valence-corrected chi connectivity index (χ0v) is 7.71. The maximum atomic E-state index is 11.4. The molecule has 0 aromatic heterocycles. The Morgan fingerprint density at radius 3 is 2.57 bits per heavy atom.